The van der Waals surface area contributed by atoms with E-state index in [0.717, 1.165) is 24.6 Å². The number of hydrogen-bond acceptors (Lipinski definition) is 4. The number of aryl methyl sites for hydroxylation is 1. The van der Waals surface area contributed by atoms with Gasteiger partial charge < -0.3 is 9.64 Å². The summed E-state index contributed by atoms with van der Waals surface area (Å²) in [6.07, 6.45) is 8.49. The number of carbonyl (C=O) groups is 1. The lowest BCUT2D eigenvalue weighted by Gasteiger charge is -2.32. The molecule has 1 aromatic heterocycles. The molecule has 6 nitrogen and oxygen atoms in total. The van der Waals surface area contributed by atoms with Crippen LogP contribution in [-0.2, 0) is 16.0 Å². The van der Waals surface area contributed by atoms with E-state index in [-0.39, 0.29) is 12.0 Å². The van der Waals surface area contributed by atoms with Crippen molar-refractivity contribution in [3.63, 3.8) is 0 Å². The van der Waals surface area contributed by atoms with Crippen LogP contribution in [0.5, 0.6) is 0 Å². The van der Waals surface area contributed by atoms with E-state index in [9.17, 15) is 4.79 Å². The van der Waals surface area contributed by atoms with Crippen molar-refractivity contribution in [2.24, 2.45) is 17.8 Å². The minimum atomic E-state index is -0.189. The molecule has 2 aliphatic carbocycles. The average molecular weight is 332 g/mol. The van der Waals surface area contributed by atoms with Crippen LogP contribution in [0.15, 0.2) is 0 Å². The Balaban J connectivity index is 1.35. The average Bonchev–Trinajstić information content (AvgIpc) is 3.30. The summed E-state index contributed by atoms with van der Waals surface area (Å²) in [4.78, 5) is 19.3. The first-order valence-corrected chi connectivity index (χ1v) is 9.57. The quantitative estimate of drug-likeness (QED) is 0.919. The monoisotopic (exact) mass is 332 g/mol. The molecule has 0 bridgehead atoms. The van der Waals surface area contributed by atoms with Crippen LogP contribution in [0.25, 0.3) is 0 Å². The summed E-state index contributed by atoms with van der Waals surface area (Å²) in [7, 11) is 0. The first-order chi connectivity index (χ1) is 11.8. The summed E-state index contributed by atoms with van der Waals surface area (Å²) in [5.41, 5.74) is 0. The van der Waals surface area contributed by atoms with Crippen molar-refractivity contribution >= 4 is 5.91 Å². The van der Waals surface area contributed by atoms with Gasteiger partial charge in [-0.1, -0.05) is 39.0 Å². The van der Waals surface area contributed by atoms with Crippen LogP contribution in [0.1, 0.15) is 63.2 Å². The lowest BCUT2D eigenvalue weighted by atomic mass is 9.85. The fourth-order valence-corrected chi connectivity index (χ4v) is 4.43. The standard InChI is InChI=1S/C18H28N4O2/c1-2-16-19-17(21-20-16)15-11-22(8-9-24-15)18(23)14-10-13(14)12-6-4-3-5-7-12/h12-15H,2-11H2,1H3,(H,19,20,21)/t13-,14+,15+/m1/s1. The Labute approximate surface area is 143 Å². The van der Waals surface area contributed by atoms with Crippen LogP contribution in [0.4, 0.5) is 0 Å². The highest BCUT2D eigenvalue weighted by Gasteiger charge is 2.49. The van der Waals surface area contributed by atoms with E-state index >= 15 is 0 Å². The zero-order valence-corrected chi connectivity index (χ0v) is 14.5. The molecule has 3 atom stereocenters. The van der Waals surface area contributed by atoms with E-state index in [4.69, 9.17) is 4.74 Å². The highest BCUT2D eigenvalue weighted by molar-refractivity contribution is 5.81. The fourth-order valence-electron chi connectivity index (χ4n) is 4.43. The van der Waals surface area contributed by atoms with Crippen LogP contribution >= 0.6 is 0 Å². The number of ether oxygens (including phenoxy) is 1. The maximum Gasteiger partial charge on any atom is 0.226 e. The van der Waals surface area contributed by atoms with Crippen molar-refractivity contribution in [2.45, 2.75) is 58.0 Å². The molecule has 6 heteroatoms. The van der Waals surface area contributed by atoms with Crippen molar-refractivity contribution in [3.05, 3.63) is 11.6 Å². The summed E-state index contributed by atoms with van der Waals surface area (Å²) in [5.74, 6) is 3.61. The second-order valence-electron chi connectivity index (χ2n) is 7.54. The Kier molecular flexibility index (Phi) is 4.57. The van der Waals surface area contributed by atoms with Crippen molar-refractivity contribution in [3.8, 4) is 0 Å². The molecule has 1 aliphatic heterocycles. The summed E-state index contributed by atoms with van der Waals surface area (Å²) < 4.78 is 5.81. The molecular weight excluding hydrogens is 304 g/mol. The Hall–Kier alpha value is -1.43. The number of carbonyl (C=O) groups excluding carboxylic acids is 1. The van der Waals surface area contributed by atoms with Gasteiger partial charge in [0.1, 0.15) is 11.9 Å². The summed E-state index contributed by atoms with van der Waals surface area (Å²) in [5, 5.41) is 7.19. The van der Waals surface area contributed by atoms with Gasteiger partial charge in [0.2, 0.25) is 5.91 Å². The Morgan fingerprint density at radius 3 is 2.92 bits per heavy atom. The fraction of sp³-hybridized carbons (Fsp3) is 0.833. The third-order valence-corrected chi connectivity index (χ3v) is 5.96. The molecule has 2 saturated carbocycles. The molecule has 132 valence electrons. The van der Waals surface area contributed by atoms with Gasteiger partial charge in [-0.3, -0.25) is 9.89 Å². The van der Waals surface area contributed by atoms with E-state index in [2.05, 4.69) is 15.2 Å². The second kappa shape index (κ2) is 6.82. The lowest BCUT2D eigenvalue weighted by molar-refractivity contribution is -0.141. The third-order valence-electron chi connectivity index (χ3n) is 5.96. The first kappa shape index (κ1) is 16.1. The zero-order valence-electron chi connectivity index (χ0n) is 14.5. The lowest BCUT2D eigenvalue weighted by Crippen LogP contribution is -2.43. The number of amides is 1. The molecule has 0 spiro atoms. The number of hydrogen-bond donors (Lipinski definition) is 1. The summed E-state index contributed by atoms with van der Waals surface area (Å²) in [6, 6.07) is 0. The minimum absolute atomic E-state index is 0.189. The maximum atomic E-state index is 12.9. The number of H-pyrrole nitrogens is 1. The van der Waals surface area contributed by atoms with Crippen LogP contribution in [0.2, 0.25) is 0 Å². The van der Waals surface area contributed by atoms with Crippen LogP contribution in [-0.4, -0.2) is 45.7 Å². The van der Waals surface area contributed by atoms with Gasteiger partial charge in [-0.2, -0.15) is 5.10 Å². The molecule has 24 heavy (non-hydrogen) atoms. The van der Waals surface area contributed by atoms with Gasteiger partial charge in [0.25, 0.3) is 0 Å². The first-order valence-electron chi connectivity index (χ1n) is 9.57. The maximum absolute atomic E-state index is 12.9. The molecule has 0 unspecified atom stereocenters. The Morgan fingerprint density at radius 1 is 1.33 bits per heavy atom. The van der Waals surface area contributed by atoms with Crippen LogP contribution in [0.3, 0.4) is 0 Å². The van der Waals surface area contributed by atoms with Crippen molar-refractivity contribution in [2.75, 3.05) is 19.7 Å². The number of morpholine rings is 1. The Morgan fingerprint density at radius 2 is 2.17 bits per heavy atom. The van der Waals surface area contributed by atoms with Gasteiger partial charge in [-0.05, 0) is 18.3 Å². The highest BCUT2D eigenvalue weighted by atomic mass is 16.5. The Bertz CT molecular complexity index is 581. The number of nitrogens with one attached hydrogen (secondary N) is 1. The molecule has 4 rings (SSSR count). The molecule has 3 fully saturated rings. The highest BCUT2D eigenvalue weighted by Crippen LogP contribution is 2.50. The van der Waals surface area contributed by atoms with Gasteiger partial charge in [-0.15, -0.1) is 0 Å². The SMILES string of the molecule is CCc1nc([C@@H]2CN(C(=O)[C@H]3C[C@@H]3C3CCCCC3)CCO2)n[nH]1. The molecule has 1 N–H and O–H groups in total. The van der Waals surface area contributed by atoms with Gasteiger partial charge >= 0.3 is 0 Å². The van der Waals surface area contributed by atoms with E-state index in [1.54, 1.807) is 0 Å². The molecule has 1 saturated heterocycles. The largest absolute Gasteiger partial charge is 0.366 e. The van der Waals surface area contributed by atoms with E-state index in [1.165, 1.54) is 32.1 Å². The predicted molar refractivity (Wildman–Crippen MR) is 89.2 cm³/mol. The van der Waals surface area contributed by atoms with Crippen molar-refractivity contribution in [1.82, 2.24) is 20.1 Å². The molecule has 0 aromatic carbocycles. The smallest absolute Gasteiger partial charge is 0.226 e. The second-order valence-corrected chi connectivity index (χ2v) is 7.54. The number of aromatic amines is 1. The summed E-state index contributed by atoms with van der Waals surface area (Å²) >= 11 is 0. The molecular formula is C18H28N4O2. The number of aromatic nitrogens is 3. The van der Waals surface area contributed by atoms with Crippen LogP contribution in [0, 0.1) is 17.8 Å². The molecule has 1 amide bonds. The third kappa shape index (κ3) is 3.21. The molecule has 2 heterocycles. The van der Waals surface area contributed by atoms with E-state index in [1.807, 2.05) is 11.8 Å². The van der Waals surface area contributed by atoms with Gasteiger partial charge in [0.15, 0.2) is 5.82 Å². The predicted octanol–water partition coefficient (Wildman–Crippen LogP) is 2.48. The molecule has 1 aromatic rings. The zero-order chi connectivity index (χ0) is 16.5. The van der Waals surface area contributed by atoms with E-state index in [0.29, 0.717) is 37.3 Å². The molecule has 3 aliphatic rings. The van der Waals surface area contributed by atoms with Crippen molar-refractivity contribution < 1.29 is 9.53 Å². The van der Waals surface area contributed by atoms with Crippen LogP contribution < -0.4 is 0 Å². The van der Waals surface area contributed by atoms with Gasteiger partial charge in [-0.25, -0.2) is 4.98 Å². The topological polar surface area (TPSA) is 71.1 Å². The number of nitrogens with zero attached hydrogens (tertiary/aromatic N) is 3. The minimum Gasteiger partial charge on any atom is -0.366 e. The van der Waals surface area contributed by atoms with E-state index < -0.39 is 0 Å². The number of rotatable bonds is 4. The van der Waals surface area contributed by atoms with Crippen molar-refractivity contribution in [1.29, 1.82) is 0 Å². The van der Waals surface area contributed by atoms with Gasteiger partial charge in [0.05, 0.1) is 13.2 Å². The summed E-state index contributed by atoms with van der Waals surface area (Å²) in [6.45, 7) is 3.91. The normalized spacial score (nSPS) is 31.2. The van der Waals surface area contributed by atoms with Gasteiger partial charge in [0, 0.05) is 18.9 Å². The molecule has 0 radical (unpaired) electrons.